The maximum atomic E-state index is 6.15. The summed E-state index contributed by atoms with van der Waals surface area (Å²) in [5.41, 5.74) is 9.25. The predicted molar refractivity (Wildman–Crippen MR) is 97.9 cm³/mol. The highest BCUT2D eigenvalue weighted by molar-refractivity contribution is 5.79. The average molecular weight is 319 g/mol. The number of rotatable bonds is 3. The lowest BCUT2D eigenvalue weighted by Gasteiger charge is -2.35. The molecular formula is C19H21N5. The summed E-state index contributed by atoms with van der Waals surface area (Å²) in [5, 5.41) is 0. The third kappa shape index (κ3) is 3.03. The van der Waals surface area contributed by atoms with Crippen molar-refractivity contribution in [2.45, 2.75) is 6.54 Å². The molecule has 0 bridgehead atoms. The number of anilines is 2. The number of hydrogen-bond acceptors (Lipinski definition) is 5. The highest BCUT2D eigenvalue weighted by Crippen LogP contribution is 2.23. The maximum Gasteiger partial charge on any atom is 0.172 e. The van der Waals surface area contributed by atoms with Gasteiger partial charge in [0.1, 0.15) is 0 Å². The second-order valence-electron chi connectivity index (χ2n) is 6.17. The largest absolute Gasteiger partial charge is 0.381 e. The lowest BCUT2D eigenvalue weighted by atomic mass is 10.2. The summed E-state index contributed by atoms with van der Waals surface area (Å²) < 4.78 is 0. The minimum absolute atomic E-state index is 0.519. The van der Waals surface area contributed by atoms with Crippen molar-refractivity contribution in [1.29, 1.82) is 0 Å². The third-order valence-corrected chi connectivity index (χ3v) is 4.50. The van der Waals surface area contributed by atoms with Crippen LogP contribution in [0.15, 0.2) is 54.6 Å². The van der Waals surface area contributed by atoms with Crippen molar-refractivity contribution in [1.82, 2.24) is 14.9 Å². The van der Waals surface area contributed by atoms with Crippen LogP contribution in [0.2, 0.25) is 0 Å². The Morgan fingerprint density at radius 1 is 0.792 bits per heavy atom. The monoisotopic (exact) mass is 319 g/mol. The summed E-state index contributed by atoms with van der Waals surface area (Å²) in [4.78, 5) is 13.9. The van der Waals surface area contributed by atoms with Crippen molar-refractivity contribution < 1.29 is 0 Å². The van der Waals surface area contributed by atoms with E-state index in [9.17, 15) is 0 Å². The highest BCUT2D eigenvalue weighted by atomic mass is 15.3. The lowest BCUT2D eigenvalue weighted by Crippen LogP contribution is -2.46. The van der Waals surface area contributed by atoms with Crippen molar-refractivity contribution in [2.75, 3.05) is 36.8 Å². The van der Waals surface area contributed by atoms with E-state index in [-0.39, 0.29) is 0 Å². The summed E-state index contributed by atoms with van der Waals surface area (Å²) in [6.07, 6.45) is 0. The normalized spacial score (nSPS) is 15.8. The summed E-state index contributed by atoms with van der Waals surface area (Å²) >= 11 is 0. The van der Waals surface area contributed by atoms with Crippen molar-refractivity contribution in [3.8, 4) is 0 Å². The number of nitrogens with two attached hydrogens (primary N) is 1. The molecule has 0 saturated carbocycles. The Morgan fingerprint density at radius 2 is 1.42 bits per heavy atom. The Bertz CT molecular complexity index is 826. The van der Waals surface area contributed by atoms with E-state index in [4.69, 9.17) is 10.7 Å². The fourth-order valence-electron chi connectivity index (χ4n) is 3.20. The molecule has 2 aromatic carbocycles. The number of para-hydroxylation sites is 2. The van der Waals surface area contributed by atoms with Gasteiger partial charge < -0.3 is 10.6 Å². The first-order chi connectivity index (χ1) is 11.8. The van der Waals surface area contributed by atoms with Gasteiger partial charge in [0.05, 0.1) is 11.0 Å². The fourth-order valence-corrected chi connectivity index (χ4v) is 3.20. The molecule has 1 aromatic heterocycles. The number of benzene rings is 2. The smallest absolute Gasteiger partial charge is 0.172 e. The Hall–Kier alpha value is -2.66. The third-order valence-electron chi connectivity index (χ3n) is 4.50. The van der Waals surface area contributed by atoms with Crippen LogP contribution in [0, 0.1) is 0 Å². The van der Waals surface area contributed by atoms with Crippen molar-refractivity contribution in [2.24, 2.45) is 0 Å². The van der Waals surface area contributed by atoms with E-state index in [1.165, 1.54) is 5.56 Å². The molecule has 0 unspecified atom stereocenters. The zero-order chi connectivity index (χ0) is 16.4. The first kappa shape index (κ1) is 14.9. The second-order valence-corrected chi connectivity index (χ2v) is 6.17. The number of nitrogen functional groups attached to an aromatic ring is 1. The molecular weight excluding hydrogens is 298 g/mol. The van der Waals surface area contributed by atoms with Crippen LogP contribution in [-0.4, -0.2) is 41.0 Å². The predicted octanol–water partition coefficient (Wildman–Crippen LogP) is 2.53. The number of hydrogen-bond donors (Lipinski definition) is 1. The van der Waals surface area contributed by atoms with Crippen LogP contribution in [-0.2, 0) is 6.54 Å². The van der Waals surface area contributed by atoms with E-state index in [1.54, 1.807) is 0 Å². The van der Waals surface area contributed by atoms with Gasteiger partial charge in [0.2, 0.25) is 0 Å². The van der Waals surface area contributed by atoms with Gasteiger partial charge in [0.25, 0.3) is 0 Å². The SMILES string of the molecule is Nc1nc2ccccc2nc1N1CCN(Cc2ccccc2)CC1. The summed E-state index contributed by atoms with van der Waals surface area (Å²) in [6.45, 7) is 4.84. The minimum atomic E-state index is 0.519. The molecule has 2 heterocycles. The van der Waals surface area contributed by atoms with E-state index >= 15 is 0 Å². The van der Waals surface area contributed by atoms with Crippen LogP contribution in [0.1, 0.15) is 5.56 Å². The van der Waals surface area contributed by atoms with Gasteiger partial charge in [0.15, 0.2) is 11.6 Å². The molecule has 5 heteroatoms. The summed E-state index contributed by atoms with van der Waals surface area (Å²) in [5.74, 6) is 1.33. The quantitative estimate of drug-likeness (QED) is 0.804. The van der Waals surface area contributed by atoms with Crippen LogP contribution in [0.3, 0.4) is 0 Å². The molecule has 0 aliphatic carbocycles. The molecule has 0 radical (unpaired) electrons. The van der Waals surface area contributed by atoms with Gasteiger partial charge >= 0.3 is 0 Å². The number of piperazine rings is 1. The molecule has 0 atom stereocenters. The fraction of sp³-hybridized carbons (Fsp3) is 0.263. The molecule has 0 spiro atoms. The summed E-state index contributed by atoms with van der Waals surface area (Å²) in [6, 6.07) is 18.5. The topological polar surface area (TPSA) is 58.3 Å². The van der Waals surface area contributed by atoms with Crippen LogP contribution in [0.25, 0.3) is 11.0 Å². The van der Waals surface area contributed by atoms with Crippen LogP contribution in [0.5, 0.6) is 0 Å². The Kier molecular flexibility index (Phi) is 4.01. The molecule has 5 nitrogen and oxygen atoms in total. The Labute approximate surface area is 141 Å². The molecule has 1 saturated heterocycles. The lowest BCUT2D eigenvalue weighted by molar-refractivity contribution is 0.249. The molecule has 4 rings (SSSR count). The molecule has 1 aliphatic rings. The molecule has 1 fully saturated rings. The second kappa shape index (κ2) is 6.45. The zero-order valence-corrected chi connectivity index (χ0v) is 13.6. The van der Waals surface area contributed by atoms with Crippen LogP contribution < -0.4 is 10.6 Å². The van der Waals surface area contributed by atoms with Crippen molar-refractivity contribution in [3.63, 3.8) is 0 Å². The van der Waals surface area contributed by atoms with E-state index in [0.29, 0.717) is 5.82 Å². The van der Waals surface area contributed by atoms with E-state index < -0.39 is 0 Å². The van der Waals surface area contributed by atoms with E-state index in [2.05, 4.69) is 45.1 Å². The molecule has 3 aromatic rings. The number of aromatic nitrogens is 2. The van der Waals surface area contributed by atoms with Gasteiger partial charge in [-0.2, -0.15) is 0 Å². The Morgan fingerprint density at radius 3 is 2.12 bits per heavy atom. The Balaban J connectivity index is 1.47. The van der Waals surface area contributed by atoms with Gasteiger partial charge in [0, 0.05) is 32.7 Å². The van der Waals surface area contributed by atoms with Gasteiger partial charge in [-0.1, -0.05) is 42.5 Å². The average Bonchev–Trinajstić information content (AvgIpc) is 2.63. The van der Waals surface area contributed by atoms with Gasteiger partial charge in [-0.3, -0.25) is 4.90 Å². The van der Waals surface area contributed by atoms with Crippen LogP contribution in [0.4, 0.5) is 11.6 Å². The van der Waals surface area contributed by atoms with Gasteiger partial charge in [-0.25, -0.2) is 9.97 Å². The number of fused-ring (bicyclic) bond motifs is 1. The van der Waals surface area contributed by atoms with Crippen LogP contribution >= 0.6 is 0 Å². The molecule has 122 valence electrons. The number of nitrogens with zero attached hydrogens (tertiary/aromatic N) is 4. The van der Waals surface area contributed by atoms with Crippen molar-refractivity contribution in [3.05, 3.63) is 60.2 Å². The standard InChI is InChI=1S/C19H21N5/c20-18-19(22-17-9-5-4-8-16(17)21-18)24-12-10-23(11-13-24)14-15-6-2-1-3-7-15/h1-9H,10-14H2,(H2,20,21). The zero-order valence-electron chi connectivity index (χ0n) is 13.6. The van der Waals surface area contributed by atoms with E-state index in [0.717, 1.165) is 49.6 Å². The molecule has 0 amide bonds. The molecule has 1 aliphatic heterocycles. The van der Waals surface area contributed by atoms with Gasteiger partial charge in [-0.05, 0) is 17.7 Å². The van der Waals surface area contributed by atoms with Gasteiger partial charge in [-0.15, -0.1) is 0 Å². The molecule has 2 N–H and O–H groups in total. The maximum absolute atomic E-state index is 6.15. The first-order valence-corrected chi connectivity index (χ1v) is 8.33. The summed E-state index contributed by atoms with van der Waals surface area (Å²) in [7, 11) is 0. The van der Waals surface area contributed by atoms with Crippen molar-refractivity contribution >= 4 is 22.7 Å². The highest BCUT2D eigenvalue weighted by Gasteiger charge is 2.20. The first-order valence-electron chi connectivity index (χ1n) is 8.33. The molecule has 24 heavy (non-hydrogen) atoms. The minimum Gasteiger partial charge on any atom is -0.381 e. The van der Waals surface area contributed by atoms with E-state index in [1.807, 2.05) is 24.3 Å².